The van der Waals surface area contributed by atoms with Crippen molar-refractivity contribution in [3.63, 3.8) is 0 Å². The lowest BCUT2D eigenvalue weighted by molar-refractivity contribution is -0.384. The summed E-state index contributed by atoms with van der Waals surface area (Å²) < 4.78 is 5.35. The first-order valence-corrected chi connectivity index (χ1v) is 11.5. The summed E-state index contributed by atoms with van der Waals surface area (Å²) in [4.78, 5) is 53.8. The number of benzene rings is 2. The third-order valence-corrected chi connectivity index (χ3v) is 6.30. The summed E-state index contributed by atoms with van der Waals surface area (Å²) >= 11 is 5.26. The first-order valence-electron chi connectivity index (χ1n) is 11.0. The Morgan fingerprint density at radius 2 is 1.81 bits per heavy atom. The van der Waals surface area contributed by atoms with Crippen LogP contribution >= 0.6 is 12.2 Å². The molecule has 3 amide bonds. The molecule has 2 fully saturated rings. The van der Waals surface area contributed by atoms with Crippen LogP contribution in [0.2, 0.25) is 0 Å². The predicted octanol–water partition coefficient (Wildman–Crippen LogP) is 2.10. The van der Waals surface area contributed by atoms with E-state index in [2.05, 4.69) is 5.32 Å². The molecule has 0 bridgehead atoms. The Morgan fingerprint density at radius 1 is 1.11 bits per heavy atom. The molecular formula is C24H23N5O6S. The number of nitrogens with one attached hydrogen (secondary N) is 1. The minimum Gasteiger partial charge on any atom is -0.495 e. The lowest BCUT2D eigenvalue weighted by atomic mass is 10.0. The van der Waals surface area contributed by atoms with Gasteiger partial charge in [0, 0.05) is 56.5 Å². The number of carbonyl (C=O) groups is 3. The van der Waals surface area contributed by atoms with Gasteiger partial charge in [-0.2, -0.15) is 0 Å². The SMILES string of the molecule is COc1ccccc1N1C(=O)/C(=C\c2cc([N+](=O)[O-])ccc2N2CCN(C(C)=O)CC2)C(=O)NC1=S. The molecule has 0 aliphatic carbocycles. The molecule has 36 heavy (non-hydrogen) atoms. The van der Waals surface area contributed by atoms with Crippen molar-refractivity contribution in [1.29, 1.82) is 0 Å². The maximum atomic E-state index is 13.5. The van der Waals surface area contributed by atoms with Crippen molar-refractivity contribution < 1.29 is 24.0 Å². The Balaban J connectivity index is 1.76. The summed E-state index contributed by atoms with van der Waals surface area (Å²) in [5, 5.41) is 13.9. The van der Waals surface area contributed by atoms with Gasteiger partial charge in [0.1, 0.15) is 11.3 Å². The summed E-state index contributed by atoms with van der Waals surface area (Å²) in [5.74, 6) is -1.05. The lowest BCUT2D eigenvalue weighted by Gasteiger charge is -2.36. The number of methoxy groups -OCH3 is 1. The summed E-state index contributed by atoms with van der Waals surface area (Å²) in [5.41, 5.74) is 0.855. The van der Waals surface area contributed by atoms with Crippen molar-refractivity contribution in [3.05, 3.63) is 63.7 Å². The number of thiocarbonyl (C=S) groups is 1. The van der Waals surface area contributed by atoms with Gasteiger partial charge in [0.2, 0.25) is 5.91 Å². The molecule has 2 saturated heterocycles. The molecule has 1 N–H and O–H groups in total. The van der Waals surface area contributed by atoms with Crippen LogP contribution in [0.1, 0.15) is 12.5 Å². The second-order valence-corrected chi connectivity index (χ2v) is 8.51. The van der Waals surface area contributed by atoms with Gasteiger partial charge in [0.25, 0.3) is 17.5 Å². The van der Waals surface area contributed by atoms with Crippen molar-refractivity contribution in [2.24, 2.45) is 0 Å². The highest BCUT2D eigenvalue weighted by Crippen LogP contribution is 2.33. The zero-order chi connectivity index (χ0) is 26.0. The normalized spacial score (nSPS) is 17.3. The van der Waals surface area contributed by atoms with E-state index in [0.29, 0.717) is 48.9 Å². The van der Waals surface area contributed by atoms with E-state index < -0.39 is 16.7 Å². The van der Waals surface area contributed by atoms with Crippen LogP contribution in [0.25, 0.3) is 6.08 Å². The summed E-state index contributed by atoms with van der Waals surface area (Å²) in [6, 6.07) is 11.0. The number of carbonyl (C=O) groups excluding carboxylic acids is 3. The van der Waals surface area contributed by atoms with E-state index in [9.17, 15) is 24.5 Å². The quantitative estimate of drug-likeness (QED) is 0.214. The number of anilines is 2. The average molecular weight is 510 g/mol. The Morgan fingerprint density at radius 3 is 2.44 bits per heavy atom. The highest BCUT2D eigenvalue weighted by atomic mass is 32.1. The van der Waals surface area contributed by atoms with Gasteiger partial charge >= 0.3 is 0 Å². The molecular weight excluding hydrogens is 486 g/mol. The van der Waals surface area contributed by atoms with E-state index >= 15 is 0 Å². The number of nitrogens with zero attached hydrogens (tertiary/aromatic N) is 4. The highest BCUT2D eigenvalue weighted by molar-refractivity contribution is 7.80. The molecule has 0 saturated carbocycles. The number of hydrogen-bond donors (Lipinski definition) is 1. The lowest BCUT2D eigenvalue weighted by Crippen LogP contribution is -2.54. The fourth-order valence-electron chi connectivity index (χ4n) is 4.17. The van der Waals surface area contributed by atoms with Crippen LogP contribution in [0.15, 0.2) is 48.0 Å². The average Bonchev–Trinajstić information content (AvgIpc) is 2.86. The van der Waals surface area contributed by atoms with Crippen molar-refractivity contribution in [3.8, 4) is 5.75 Å². The van der Waals surface area contributed by atoms with Crippen molar-refractivity contribution in [1.82, 2.24) is 10.2 Å². The summed E-state index contributed by atoms with van der Waals surface area (Å²) in [7, 11) is 1.45. The van der Waals surface area contributed by atoms with E-state index in [0.717, 1.165) is 4.90 Å². The van der Waals surface area contributed by atoms with Gasteiger partial charge in [-0.1, -0.05) is 12.1 Å². The van der Waals surface area contributed by atoms with Crippen LogP contribution in [0, 0.1) is 10.1 Å². The number of amides is 3. The molecule has 0 radical (unpaired) electrons. The predicted molar refractivity (Wildman–Crippen MR) is 137 cm³/mol. The molecule has 2 heterocycles. The summed E-state index contributed by atoms with van der Waals surface area (Å²) in [6.45, 7) is 3.45. The largest absolute Gasteiger partial charge is 0.495 e. The number of nitro benzene ring substituents is 1. The number of nitro groups is 1. The fraction of sp³-hybridized carbons (Fsp3) is 0.250. The number of ether oxygens (including phenoxy) is 1. The van der Waals surface area contributed by atoms with E-state index in [1.807, 2.05) is 4.90 Å². The molecule has 2 aromatic rings. The van der Waals surface area contributed by atoms with Crippen LogP contribution in [-0.2, 0) is 14.4 Å². The van der Waals surface area contributed by atoms with Crippen LogP contribution in [0.4, 0.5) is 17.1 Å². The van der Waals surface area contributed by atoms with E-state index in [1.54, 1.807) is 35.2 Å². The van der Waals surface area contributed by atoms with E-state index in [-0.39, 0.29) is 22.3 Å². The van der Waals surface area contributed by atoms with E-state index in [4.69, 9.17) is 17.0 Å². The first kappa shape index (κ1) is 24.8. The van der Waals surface area contributed by atoms with Crippen molar-refractivity contribution in [2.45, 2.75) is 6.92 Å². The highest BCUT2D eigenvalue weighted by Gasteiger charge is 2.36. The number of non-ortho nitro benzene ring substituents is 1. The number of hydrogen-bond acceptors (Lipinski definition) is 8. The van der Waals surface area contributed by atoms with Gasteiger partial charge < -0.3 is 14.5 Å². The maximum absolute atomic E-state index is 13.5. The molecule has 0 spiro atoms. The van der Waals surface area contributed by atoms with Crippen LogP contribution in [0.5, 0.6) is 5.75 Å². The van der Waals surface area contributed by atoms with E-state index in [1.165, 1.54) is 32.2 Å². The molecule has 2 aliphatic rings. The zero-order valence-electron chi connectivity index (χ0n) is 19.6. The van der Waals surface area contributed by atoms with Crippen molar-refractivity contribution in [2.75, 3.05) is 43.1 Å². The second-order valence-electron chi connectivity index (χ2n) is 8.12. The Hall–Kier alpha value is -4.32. The van der Waals surface area contributed by atoms with Gasteiger partial charge in [-0.3, -0.25) is 29.8 Å². The molecule has 2 aromatic carbocycles. The summed E-state index contributed by atoms with van der Waals surface area (Å²) in [6.07, 6.45) is 1.33. The van der Waals surface area contributed by atoms with Gasteiger partial charge in [-0.25, -0.2) is 4.90 Å². The fourth-order valence-corrected chi connectivity index (χ4v) is 4.44. The van der Waals surface area contributed by atoms with Gasteiger partial charge in [0.05, 0.1) is 17.7 Å². The molecule has 0 atom stereocenters. The molecule has 0 unspecified atom stereocenters. The number of para-hydroxylation sites is 2. The monoisotopic (exact) mass is 509 g/mol. The zero-order valence-corrected chi connectivity index (χ0v) is 20.4. The molecule has 2 aliphatic heterocycles. The maximum Gasteiger partial charge on any atom is 0.270 e. The van der Waals surface area contributed by atoms with Crippen LogP contribution in [-0.4, -0.2) is 65.9 Å². The smallest absolute Gasteiger partial charge is 0.270 e. The Labute approximate surface area is 212 Å². The second kappa shape index (κ2) is 10.1. The topological polar surface area (TPSA) is 125 Å². The number of piperazine rings is 1. The molecule has 11 nitrogen and oxygen atoms in total. The van der Waals surface area contributed by atoms with Crippen LogP contribution < -0.4 is 19.9 Å². The molecule has 4 rings (SSSR count). The van der Waals surface area contributed by atoms with Gasteiger partial charge in [-0.05, 0) is 36.5 Å². The molecule has 0 aromatic heterocycles. The minimum absolute atomic E-state index is 0.0300. The standard InChI is InChI=1S/C24H23N5O6S/c1-15(30)26-9-11-27(12-10-26)19-8-7-17(29(33)34)13-16(19)14-18-22(31)25-24(36)28(23(18)32)20-5-3-4-6-21(20)35-2/h3-8,13-14H,9-12H2,1-2H3,(H,25,31,36)/b18-14-. The van der Waals surface area contributed by atoms with Crippen LogP contribution in [0.3, 0.4) is 0 Å². The minimum atomic E-state index is -0.713. The van der Waals surface area contributed by atoms with Gasteiger partial charge in [-0.15, -0.1) is 0 Å². The first-order chi connectivity index (χ1) is 17.2. The van der Waals surface area contributed by atoms with Gasteiger partial charge in [0.15, 0.2) is 5.11 Å². The molecule has 186 valence electrons. The molecule has 12 heteroatoms. The Kier molecular flexibility index (Phi) is 6.97. The Bertz CT molecular complexity index is 1300. The number of rotatable bonds is 5. The third-order valence-electron chi connectivity index (χ3n) is 6.02. The van der Waals surface area contributed by atoms with Crippen molar-refractivity contribution >= 4 is 58.2 Å². The third kappa shape index (κ3) is 4.75.